The van der Waals surface area contributed by atoms with Crippen LogP contribution >= 0.6 is 0 Å². The van der Waals surface area contributed by atoms with Crippen LogP contribution in [-0.4, -0.2) is 15.6 Å². The number of benzene rings is 2. The lowest BCUT2D eigenvalue weighted by molar-refractivity contribution is 0.0697. The number of hydrogen-bond acceptors (Lipinski definition) is 1. The Bertz CT molecular complexity index is 1090. The van der Waals surface area contributed by atoms with Crippen LogP contribution in [-0.2, 0) is 13.0 Å². The summed E-state index contributed by atoms with van der Waals surface area (Å²) in [4.78, 5) is 11.6. The molecule has 0 fully saturated rings. The number of aromatic nitrogens is 1. The van der Waals surface area contributed by atoms with Crippen molar-refractivity contribution in [1.29, 1.82) is 0 Å². The van der Waals surface area contributed by atoms with E-state index in [-0.39, 0.29) is 0 Å². The Morgan fingerprint density at radius 2 is 1.89 bits per heavy atom. The highest BCUT2D eigenvalue weighted by Gasteiger charge is 2.25. The summed E-state index contributed by atoms with van der Waals surface area (Å²) in [6, 6.07) is 14.4. The summed E-state index contributed by atoms with van der Waals surface area (Å²) in [5.41, 5.74) is 8.18. The fraction of sp³-hybridized carbons (Fsp3) is 0.292. The van der Waals surface area contributed by atoms with Crippen LogP contribution < -0.4 is 0 Å². The molecule has 0 atom stereocenters. The average molecular weight is 357 g/mol. The van der Waals surface area contributed by atoms with E-state index >= 15 is 0 Å². The van der Waals surface area contributed by atoms with Crippen LogP contribution in [0.4, 0.5) is 0 Å². The Balaban J connectivity index is 1.89. The summed E-state index contributed by atoms with van der Waals surface area (Å²) in [5.74, 6) is -0.861. The number of nitrogens with zero attached hydrogens (tertiary/aromatic N) is 1. The van der Waals surface area contributed by atoms with Crippen molar-refractivity contribution in [2.45, 2.75) is 45.1 Å². The number of aromatic carboxylic acids is 1. The monoisotopic (exact) mass is 357 g/mol. The van der Waals surface area contributed by atoms with E-state index in [1.165, 1.54) is 46.2 Å². The lowest BCUT2D eigenvalue weighted by atomic mass is 9.89. The topological polar surface area (TPSA) is 42.2 Å². The molecule has 0 saturated heterocycles. The fourth-order valence-corrected chi connectivity index (χ4v) is 4.78. The van der Waals surface area contributed by atoms with Gasteiger partial charge >= 0.3 is 5.97 Å². The van der Waals surface area contributed by atoms with Crippen molar-refractivity contribution in [3.05, 3.63) is 65.2 Å². The van der Waals surface area contributed by atoms with Gasteiger partial charge in [-0.25, -0.2) is 4.79 Å². The zero-order valence-electron chi connectivity index (χ0n) is 15.4. The van der Waals surface area contributed by atoms with E-state index in [1.54, 1.807) is 6.07 Å². The second kappa shape index (κ2) is 6.41. The molecule has 3 aromatic rings. The number of carbonyl (C=O) groups is 1. The molecule has 0 unspecified atom stereocenters. The first-order valence-electron chi connectivity index (χ1n) is 9.91. The molecule has 2 aromatic carbocycles. The molecular formula is C24H23NO2. The van der Waals surface area contributed by atoms with Crippen molar-refractivity contribution in [3.8, 4) is 11.3 Å². The summed E-state index contributed by atoms with van der Waals surface area (Å²) in [6.07, 6.45) is 9.27. The van der Waals surface area contributed by atoms with E-state index in [0.717, 1.165) is 37.7 Å². The van der Waals surface area contributed by atoms with Crippen LogP contribution in [0.1, 0.15) is 53.6 Å². The molecule has 1 aliphatic heterocycles. The maximum absolute atomic E-state index is 11.6. The lowest BCUT2D eigenvalue weighted by Gasteiger charge is -2.16. The van der Waals surface area contributed by atoms with E-state index in [4.69, 9.17) is 0 Å². The van der Waals surface area contributed by atoms with Crippen molar-refractivity contribution >= 4 is 22.4 Å². The first kappa shape index (κ1) is 16.4. The van der Waals surface area contributed by atoms with E-state index in [1.807, 2.05) is 12.1 Å². The number of hydrogen-bond donors (Lipinski definition) is 1. The molecule has 0 radical (unpaired) electrons. The number of fused-ring (bicyclic) bond motifs is 5. The molecule has 136 valence electrons. The molecule has 0 saturated carbocycles. The van der Waals surface area contributed by atoms with Crippen LogP contribution in [0.5, 0.6) is 0 Å². The Hall–Kier alpha value is -2.81. The Kier molecular flexibility index (Phi) is 3.89. The molecule has 0 bridgehead atoms. The Labute approximate surface area is 158 Å². The summed E-state index contributed by atoms with van der Waals surface area (Å²) in [6.45, 7) is 0.927. The van der Waals surface area contributed by atoms with Gasteiger partial charge in [0.2, 0.25) is 0 Å². The first-order valence-corrected chi connectivity index (χ1v) is 9.91. The van der Waals surface area contributed by atoms with Gasteiger partial charge in [-0.15, -0.1) is 0 Å². The third-order valence-corrected chi connectivity index (χ3v) is 6.02. The highest BCUT2D eigenvalue weighted by atomic mass is 16.4. The van der Waals surface area contributed by atoms with Gasteiger partial charge in [0, 0.05) is 28.6 Å². The number of allylic oxidation sites excluding steroid dienone is 2. The van der Waals surface area contributed by atoms with Gasteiger partial charge in [0.15, 0.2) is 0 Å². The molecule has 2 aliphatic rings. The van der Waals surface area contributed by atoms with E-state index < -0.39 is 5.97 Å². The van der Waals surface area contributed by atoms with Gasteiger partial charge < -0.3 is 9.67 Å². The van der Waals surface area contributed by atoms with Crippen molar-refractivity contribution in [1.82, 2.24) is 4.57 Å². The third kappa shape index (κ3) is 2.61. The van der Waals surface area contributed by atoms with E-state index in [2.05, 4.69) is 34.9 Å². The summed E-state index contributed by atoms with van der Waals surface area (Å²) >= 11 is 0. The molecule has 5 rings (SSSR count). The number of carboxylic acid groups (broad SMARTS) is 1. The molecule has 3 nitrogen and oxygen atoms in total. The second-order valence-corrected chi connectivity index (χ2v) is 7.65. The minimum Gasteiger partial charge on any atom is -0.478 e. The molecule has 2 heterocycles. The predicted molar refractivity (Wildman–Crippen MR) is 109 cm³/mol. The summed E-state index contributed by atoms with van der Waals surface area (Å²) in [7, 11) is 0. The normalized spacial score (nSPS) is 16.4. The van der Waals surface area contributed by atoms with Crippen LogP contribution in [0, 0.1) is 0 Å². The van der Waals surface area contributed by atoms with Gasteiger partial charge in [0.05, 0.1) is 11.3 Å². The SMILES string of the molecule is O=C(O)c1ccc2c(C3=CCCCC3)c3n(c2c1)CCCc1ccccc1-3. The van der Waals surface area contributed by atoms with Crippen molar-refractivity contribution in [2.75, 3.05) is 0 Å². The minimum atomic E-state index is -0.861. The summed E-state index contributed by atoms with van der Waals surface area (Å²) in [5, 5.41) is 10.7. The quantitative estimate of drug-likeness (QED) is 0.619. The molecule has 3 heteroatoms. The van der Waals surface area contributed by atoms with Crippen LogP contribution in [0.15, 0.2) is 48.5 Å². The maximum Gasteiger partial charge on any atom is 0.335 e. The van der Waals surface area contributed by atoms with Gasteiger partial charge in [-0.1, -0.05) is 36.4 Å². The molecule has 1 aromatic heterocycles. The van der Waals surface area contributed by atoms with Gasteiger partial charge in [-0.2, -0.15) is 0 Å². The minimum absolute atomic E-state index is 0.365. The van der Waals surface area contributed by atoms with Crippen LogP contribution in [0.2, 0.25) is 0 Å². The smallest absolute Gasteiger partial charge is 0.335 e. The average Bonchev–Trinajstić information content (AvgIpc) is 2.90. The number of rotatable bonds is 2. The molecule has 0 amide bonds. The standard InChI is InChI=1S/C24H23NO2/c26-24(27)18-12-13-20-21(15-18)25-14-6-10-16-7-4-5-11-19(16)23(25)22(20)17-8-2-1-3-9-17/h4-5,7-8,11-13,15H,1-3,6,9-10,14H2,(H,26,27). The predicted octanol–water partition coefficient (Wildman–Crippen LogP) is 5.91. The third-order valence-electron chi connectivity index (χ3n) is 6.02. The molecular weight excluding hydrogens is 334 g/mol. The van der Waals surface area contributed by atoms with Crippen LogP contribution in [0.25, 0.3) is 27.7 Å². The van der Waals surface area contributed by atoms with E-state index in [0.29, 0.717) is 5.56 Å². The van der Waals surface area contributed by atoms with Gasteiger partial charge in [-0.05, 0) is 61.8 Å². The largest absolute Gasteiger partial charge is 0.478 e. The zero-order valence-corrected chi connectivity index (χ0v) is 15.4. The van der Waals surface area contributed by atoms with Gasteiger partial charge in [-0.3, -0.25) is 0 Å². The highest BCUT2D eigenvalue weighted by Crippen LogP contribution is 2.44. The van der Waals surface area contributed by atoms with Gasteiger partial charge in [0.1, 0.15) is 0 Å². The summed E-state index contributed by atoms with van der Waals surface area (Å²) < 4.78 is 2.37. The Morgan fingerprint density at radius 3 is 2.70 bits per heavy atom. The molecule has 1 N–H and O–H groups in total. The lowest BCUT2D eigenvalue weighted by Crippen LogP contribution is -2.01. The van der Waals surface area contributed by atoms with E-state index in [9.17, 15) is 9.90 Å². The maximum atomic E-state index is 11.6. The van der Waals surface area contributed by atoms with Gasteiger partial charge in [0.25, 0.3) is 0 Å². The first-order chi connectivity index (χ1) is 13.2. The Morgan fingerprint density at radius 1 is 1.00 bits per heavy atom. The molecule has 0 spiro atoms. The number of carboxylic acids is 1. The van der Waals surface area contributed by atoms with Crippen LogP contribution in [0.3, 0.4) is 0 Å². The molecule has 1 aliphatic carbocycles. The second-order valence-electron chi connectivity index (χ2n) is 7.65. The van der Waals surface area contributed by atoms with Crippen molar-refractivity contribution in [3.63, 3.8) is 0 Å². The van der Waals surface area contributed by atoms with Crippen molar-refractivity contribution in [2.24, 2.45) is 0 Å². The number of aryl methyl sites for hydroxylation is 2. The highest BCUT2D eigenvalue weighted by molar-refractivity contribution is 6.04. The van der Waals surface area contributed by atoms with Crippen molar-refractivity contribution < 1.29 is 9.90 Å². The molecule has 27 heavy (non-hydrogen) atoms. The fourth-order valence-electron chi connectivity index (χ4n) is 4.78. The zero-order chi connectivity index (χ0) is 18.4.